The second-order valence-electron chi connectivity index (χ2n) is 9.65. The molecule has 0 spiro atoms. The van der Waals surface area contributed by atoms with Crippen LogP contribution in [0.1, 0.15) is 11.7 Å². The van der Waals surface area contributed by atoms with Crippen LogP contribution in [0.3, 0.4) is 0 Å². The Bertz CT molecular complexity index is 1420. The molecule has 0 saturated carbocycles. The fourth-order valence-corrected chi connectivity index (χ4v) is 4.84. The highest BCUT2D eigenvalue weighted by molar-refractivity contribution is 5.91. The molecule has 2 aliphatic heterocycles. The summed E-state index contributed by atoms with van der Waals surface area (Å²) in [4.78, 5) is 13.5. The number of hydrogen-bond donors (Lipinski definition) is 9. The van der Waals surface area contributed by atoms with E-state index < -0.39 is 79.5 Å². The van der Waals surface area contributed by atoms with Crippen LogP contribution in [0, 0.1) is 0 Å². The van der Waals surface area contributed by atoms with Gasteiger partial charge in [-0.25, -0.2) is 0 Å². The number of phenolic OH excluding ortho intramolecular Hbond substituents is 2. The summed E-state index contributed by atoms with van der Waals surface area (Å²) in [6.45, 7) is -1.19. The summed E-state index contributed by atoms with van der Waals surface area (Å²) in [6.07, 6.45) is -13.8. The van der Waals surface area contributed by atoms with Gasteiger partial charge in [-0.15, -0.1) is 0 Å². The van der Waals surface area contributed by atoms with Gasteiger partial charge in [0.15, 0.2) is 5.58 Å². The summed E-state index contributed by atoms with van der Waals surface area (Å²) in [5.74, 6) is -1.07. The molecule has 0 aliphatic carbocycles. The first-order valence-electron chi connectivity index (χ1n) is 12.3. The molecule has 40 heavy (non-hydrogen) atoms. The standard InChI is InChI=1S/C26H28O14/c27-6-15-20(33)21(34)22(35)25(39-15)17-14(40-26-23(36)19(32)13(30)8-38-26)5-12(29)16-18(31)11(7-37-24(16)17)9-1-3-10(28)4-2-9/h1-5,7,13,15,19-23,25-30,32-36H,6,8H2/t13-,15-,19+,20-,21+,22-,23-,25+,26+/m1/s1. The largest absolute Gasteiger partial charge is 0.508 e. The molecule has 5 rings (SSSR count). The van der Waals surface area contributed by atoms with E-state index in [4.69, 9.17) is 18.6 Å². The molecule has 9 N–H and O–H groups in total. The molecule has 2 aromatic carbocycles. The fraction of sp³-hybridized carbons (Fsp3) is 0.423. The predicted molar refractivity (Wildman–Crippen MR) is 132 cm³/mol. The second-order valence-corrected chi connectivity index (χ2v) is 9.65. The molecular formula is C26H28O14. The lowest BCUT2D eigenvalue weighted by Gasteiger charge is -2.41. The van der Waals surface area contributed by atoms with Crippen molar-refractivity contribution in [3.63, 3.8) is 0 Å². The van der Waals surface area contributed by atoms with Crippen molar-refractivity contribution < 1.29 is 64.6 Å². The van der Waals surface area contributed by atoms with Crippen molar-refractivity contribution in [1.82, 2.24) is 0 Å². The van der Waals surface area contributed by atoms with Crippen LogP contribution in [0.2, 0.25) is 0 Å². The summed E-state index contributed by atoms with van der Waals surface area (Å²) in [7, 11) is 0. The Hall–Kier alpha value is -3.31. The molecular weight excluding hydrogens is 536 g/mol. The number of fused-ring (bicyclic) bond motifs is 1. The molecule has 0 unspecified atom stereocenters. The number of phenols is 2. The number of hydrogen-bond acceptors (Lipinski definition) is 14. The van der Waals surface area contributed by atoms with Crippen LogP contribution in [-0.4, -0.2) is 108 Å². The molecule has 216 valence electrons. The molecule has 3 heterocycles. The molecule has 3 aromatic rings. The van der Waals surface area contributed by atoms with Gasteiger partial charge in [0.1, 0.15) is 77.7 Å². The summed E-state index contributed by atoms with van der Waals surface area (Å²) < 4.78 is 22.4. The van der Waals surface area contributed by atoms with Crippen LogP contribution in [0.25, 0.3) is 22.1 Å². The van der Waals surface area contributed by atoms with Gasteiger partial charge in [-0.2, -0.15) is 0 Å². The molecule has 14 heteroatoms. The number of aliphatic hydroxyl groups is 7. The van der Waals surface area contributed by atoms with Gasteiger partial charge >= 0.3 is 0 Å². The highest BCUT2D eigenvalue weighted by Gasteiger charge is 2.47. The van der Waals surface area contributed by atoms with Crippen LogP contribution in [0.4, 0.5) is 0 Å². The Morgan fingerprint density at radius 3 is 2.27 bits per heavy atom. The first-order chi connectivity index (χ1) is 19.0. The van der Waals surface area contributed by atoms with Gasteiger partial charge in [-0.3, -0.25) is 4.79 Å². The molecule has 14 nitrogen and oxygen atoms in total. The minimum atomic E-state index is -1.86. The zero-order valence-corrected chi connectivity index (χ0v) is 20.6. The van der Waals surface area contributed by atoms with Crippen molar-refractivity contribution in [1.29, 1.82) is 0 Å². The Morgan fingerprint density at radius 2 is 1.60 bits per heavy atom. The predicted octanol–water partition coefficient (Wildman–Crippen LogP) is -1.80. The lowest BCUT2D eigenvalue weighted by molar-refractivity contribution is -0.244. The minimum absolute atomic E-state index is 0.000586. The molecule has 0 radical (unpaired) electrons. The summed E-state index contributed by atoms with van der Waals surface area (Å²) in [5.41, 5.74) is -1.00. The Morgan fingerprint density at radius 1 is 0.900 bits per heavy atom. The zero-order chi connectivity index (χ0) is 28.9. The van der Waals surface area contributed by atoms with Gasteiger partial charge in [-0.1, -0.05) is 12.1 Å². The fourth-order valence-electron chi connectivity index (χ4n) is 4.84. The van der Waals surface area contributed by atoms with Crippen molar-refractivity contribution in [3.8, 4) is 28.4 Å². The van der Waals surface area contributed by atoms with E-state index in [0.29, 0.717) is 5.56 Å². The summed E-state index contributed by atoms with van der Waals surface area (Å²) >= 11 is 0. The Labute approximate surface area is 225 Å². The quantitative estimate of drug-likeness (QED) is 0.166. The maximum Gasteiger partial charge on any atom is 0.228 e. The third-order valence-electron chi connectivity index (χ3n) is 7.08. The van der Waals surface area contributed by atoms with Crippen LogP contribution >= 0.6 is 0 Å². The molecule has 2 saturated heterocycles. The van der Waals surface area contributed by atoms with Gasteiger partial charge in [-0.05, 0) is 17.7 Å². The molecule has 2 aliphatic rings. The second kappa shape index (κ2) is 10.9. The maximum absolute atomic E-state index is 13.5. The van der Waals surface area contributed by atoms with Crippen LogP contribution < -0.4 is 10.2 Å². The molecule has 1 aromatic heterocycles. The number of aliphatic hydroxyl groups excluding tert-OH is 7. The van der Waals surface area contributed by atoms with Crippen LogP contribution in [-0.2, 0) is 9.47 Å². The van der Waals surface area contributed by atoms with Crippen molar-refractivity contribution in [2.24, 2.45) is 0 Å². The molecule has 0 amide bonds. The van der Waals surface area contributed by atoms with Gasteiger partial charge < -0.3 is 64.6 Å². The Balaban J connectivity index is 1.70. The van der Waals surface area contributed by atoms with Crippen molar-refractivity contribution in [3.05, 3.63) is 52.4 Å². The van der Waals surface area contributed by atoms with E-state index in [1.807, 2.05) is 0 Å². The van der Waals surface area contributed by atoms with Crippen LogP contribution in [0.5, 0.6) is 17.2 Å². The van der Waals surface area contributed by atoms with Crippen LogP contribution in [0.15, 0.2) is 45.8 Å². The normalized spacial score (nSPS) is 32.7. The van der Waals surface area contributed by atoms with Gasteiger partial charge in [0.25, 0.3) is 0 Å². The summed E-state index contributed by atoms with van der Waals surface area (Å²) in [6, 6.07) is 6.53. The van der Waals surface area contributed by atoms with E-state index in [1.165, 1.54) is 24.3 Å². The average Bonchev–Trinajstić information content (AvgIpc) is 2.93. The maximum atomic E-state index is 13.5. The number of aromatic hydroxyl groups is 2. The van der Waals surface area contributed by atoms with Crippen molar-refractivity contribution in [2.75, 3.05) is 13.2 Å². The Kier molecular flexibility index (Phi) is 7.71. The number of ether oxygens (including phenoxy) is 3. The van der Waals surface area contributed by atoms with Gasteiger partial charge in [0.2, 0.25) is 11.7 Å². The highest BCUT2D eigenvalue weighted by atomic mass is 16.7. The molecule has 9 atom stereocenters. The van der Waals surface area contributed by atoms with E-state index >= 15 is 0 Å². The lowest BCUT2D eigenvalue weighted by Crippen LogP contribution is -2.56. The first-order valence-corrected chi connectivity index (χ1v) is 12.3. The van der Waals surface area contributed by atoms with Crippen molar-refractivity contribution in [2.45, 2.75) is 55.1 Å². The van der Waals surface area contributed by atoms with E-state index in [0.717, 1.165) is 12.3 Å². The number of rotatable bonds is 5. The van der Waals surface area contributed by atoms with Crippen molar-refractivity contribution >= 4 is 11.0 Å². The highest BCUT2D eigenvalue weighted by Crippen LogP contribution is 2.44. The van der Waals surface area contributed by atoms with E-state index in [2.05, 4.69) is 0 Å². The topological polar surface area (TPSA) is 240 Å². The SMILES string of the molecule is O=c1c(-c2ccc(O)cc2)coc2c([C@@H]3O[C@H](CO)[C@@H](O)[C@H](O)[C@H]3O)c(O[C@@H]3OC[C@@H](O)[C@H](O)[C@H]3O)cc(O)c12. The first kappa shape index (κ1) is 28.2. The average molecular weight is 564 g/mol. The monoisotopic (exact) mass is 564 g/mol. The third-order valence-corrected chi connectivity index (χ3v) is 7.08. The molecule has 0 bridgehead atoms. The third kappa shape index (κ3) is 4.79. The van der Waals surface area contributed by atoms with Gasteiger partial charge in [0.05, 0.1) is 24.3 Å². The summed E-state index contributed by atoms with van der Waals surface area (Å²) in [5, 5.41) is 91.6. The molecule has 2 fully saturated rings. The van der Waals surface area contributed by atoms with E-state index in [-0.39, 0.29) is 33.6 Å². The lowest BCUT2D eigenvalue weighted by atomic mass is 9.89. The minimum Gasteiger partial charge on any atom is -0.508 e. The smallest absolute Gasteiger partial charge is 0.228 e. The zero-order valence-electron chi connectivity index (χ0n) is 20.6. The van der Waals surface area contributed by atoms with E-state index in [9.17, 15) is 50.8 Å². The van der Waals surface area contributed by atoms with E-state index in [1.54, 1.807) is 0 Å². The van der Waals surface area contributed by atoms with Gasteiger partial charge in [0, 0.05) is 6.07 Å². The number of benzene rings is 2.